The fourth-order valence-electron chi connectivity index (χ4n) is 2.04. The highest BCUT2D eigenvalue weighted by Gasteiger charge is 2.13. The average Bonchev–Trinajstić information content (AvgIpc) is 2.26. The van der Waals surface area contributed by atoms with Crippen molar-refractivity contribution >= 4 is 12.6 Å². The number of aryl methyl sites for hydroxylation is 1. The van der Waals surface area contributed by atoms with Crippen molar-refractivity contribution in [2.45, 2.75) is 25.7 Å². The van der Waals surface area contributed by atoms with Crippen LogP contribution >= 0.6 is 12.6 Å². The zero-order valence-electron chi connectivity index (χ0n) is 8.33. The molecule has 1 nitrogen and oxygen atoms in total. The van der Waals surface area contributed by atoms with E-state index in [1.165, 1.54) is 36.8 Å². The van der Waals surface area contributed by atoms with Crippen molar-refractivity contribution in [2.24, 2.45) is 0 Å². The minimum atomic E-state index is 0.708. The Morgan fingerprint density at radius 3 is 2.93 bits per heavy atom. The van der Waals surface area contributed by atoms with Crippen molar-refractivity contribution in [3.05, 3.63) is 29.3 Å². The van der Waals surface area contributed by atoms with E-state index in [9.17, 15) is 0 Å². The van der Waals surface area contributed by atoms with E-state index >= 15 is 0 Å². The van der Waals surface area contributed by atoms with E-state index in [1.54, 1.807) is 0 Å². The Morgan fingerprint density at radius 2 is 2.07 bits per heavy atom. The van der Waals surface area contributed by atoms with Gasteiger partial charge in [0.1, 0.15) is 5.75 Å². The third-order valence-electron chi connectivity index (χ3n) is 2.70. The Kier molecular flexibility index (Phi) is 3.35. The monoisotopic (exact) mass is 208 g/mol. The fourth-order valence-corrected chi connectivity index (χ4v) is 2.13. The lowest BCUT2D eigenvalue weighted by Crippen LogP contribution is -2.07. The van der Waals surface area contributed by atoms with E-state index in [4.69, 9.17) is 4.74 Å². The lowest BCUT2D eigenvalue weighted by atomic mass is 9.91. The molecule has 0 atom stereocenters. The third kappa shape index (κ3) is 2.06. The van der Waals surface area contributed by atoms with Gasteiger partial charge >= 0.3 is 0 Å². The van der Waals surface area contributed by atoms with Crippen LogP contribution in [0.1, 0.15) is 24.0 Å². The highest BCUT2D eigenvalue weighted by molar-refractivity contribution is 7.80. The van der Waals surface area contributed by atoms with Gasteiger partial charge in [0.25, 0.3) is 0 Å². The molecule has 0 unspecified atom stereocenters. The predicted octanol–water partition coefficient (Wildman–Crippen LogP) is 2.87. The first-order valence-electron chi connectivity index (χ1n) is 5.26. The Morgan fingerprint density at radius 1 is 1.21 bits per heavy atom. The van der Waals surface area contributed by atoms with Gasteiger partial charge < -0.3 is 4.74 Å². The Hall–Kier alpha value is -0.630. The second kappa shape index (κ2) is 4.74. The van der Waals surface area contributed by atoms with Crippen molar-refractivity contribution in [3.8, 4) is 5.75 Å². The maximum Gasteiger partial charge on any atom is 0.122 e. The van der Waals surface area contributed by atoms with Crippen LogP contribution < -0.4 is 4.74 Å². The zero-order chi connectivity index (χ0) is 9.80. The number of hydrogen-bond donors (Lipinski definition) is 1. The first-order chi connectivity index (χ1) is 6.92. The van der Waals surface area contributed by atoms with Crippen LogP contribution in [0, 0.1) is 0 Å². The smallest absolute Gasteiger partial charge is 0.122 e. The zero-order valence-corrected chi connectivity index (χ0v) is 9.22. The molecule has 0 saturated heterocycles. The summed E-state index contributed by atoms with van der Waals surface area (Å²) in [7, 11) is 0. The predicted molar refractivity (Wildman–Crippen MR) is 62.4 cm³/mol. The van der Waals surface area contributed by atoms with Crippen molar-refractivity contribution in [3.63, 3.8) is 0 Å². The highest BCUT2D eigenvalue weighted by atomic mass is 32.1. The SMILES string of the molecule is SCCOc1cccc2c1CCCC2. The molecule has 2 rings (SSSR count). The van der Waals surface area contributed by atoms with Crippen LogP contribution in [0.4, 0.5) is 0 Å². The van der Waals surface area contributed by atoms with Crippen LogP contribution in [0.2, 0.25) is 0 Å². The van der Waals surface area contributed by atoms with Gasteiger partial charge in [-0.1, -0.05) is 12.1 Å². The molecule has 0 fully saturated rings. The summed E-state index contributed by atoms with van der Waals surface area (Å²) in [5, 5.41) is 0. The van der Waals surface area contributed by atoms with Crippen LogP contribution in [0.15, 0.2) is 18.2 Å². The van der Waals surface area contributed by atoms with Crippen molar-refractivity contribution < 1.29 is 4.74 Å². The topological polar surface area (TPSA) is 9.23 Å². The number of hydrogen-bond acceptors (Lipinski definition) is 2. The minimum Gasteiger partial charge on any atom is -0.492 e. The van der Waals surface area contributed by atoms with Gasteiger partial charge in [0, 0.05) is 5.75 Å². The molecule has 0 amide bonds. The summed E-state index contributed by atoms with van der Waals surface area (Å²) in [6.45, 7) is 0.708. The van der Waals surface area contributed by atoms with E-state index in [0.717, 1.165) is 11.5 Å². The number of benzene rings is 1. The average molecular weight is 208 g/mol. The molecular weight excluding hydrogens is 192 g/mol. The molecule has 1 aromatic rings. The molecule has 0 saturated carbocycles. The quantitative estimate of drug-likeness (QED) is 0.751. The van der Waals surface area contributed by atoms with Crippen molar-refractivity contribution in [2.75, 3.05) is 12.4 Å². The lowest BCUT2D eigenvalue weighted by Gasteiger charge is -2.19. The fraction of sp³-hybridized carbons (Fsp3) is 0.500. The second-order valence-corrected chi connectivity index (χ2v) is 4.12. The molecule has 1 aromatic carbocycles. The molecule has 0 aliphatic heterocycles. The van der Waals surface area contributed by atoms with Gasteiger partial charge in [-0.15, -0.1) is 0 Å². The van der Waals surface area contributed by atoms with E-state index in [2.05, 4.69) is 30.8 Å². The van der Waals surface area contributed by atoms with E-state index in [-0.39, 0.29) is 0 Å². The molecule has 0 bridgehead atoms. The largest absolute Gasteiger partial charge is 0.492 e. The molecular formula is C12H16OS. The van der Waals surface area contributed by atoms with Gasteiger partial charge in [-0.25, -0.2) is 0 Å². The molecule has 0 heterocycles. The van der Waals surface area contributed by atoms with Crippen LogP contribution in [0.5, 0.6) is 5.75 Å². The summed E-state index contributed by atoms with van der Waals surface area (Å²) in [6, 6.07) is 6.40. The standard InChI is InChI=1S/C12H16OS/c14-9-8-13-12-7-3-5-10-4-1-2-6-11(10)12/h3,5,7,14H,1-2,4,6,8-9H2. The molecule has 76 valence electrons. The lowest BCUT2D eigenvalue weighted by molar-refractivity contribution is 0.338. The summed E-state index contributed by atoms with van der Waals surface area (Å²) in [5.41, 5.74) is 2.91. The van der Waals surface area contributed by atoms with Gasteiger partial charge in [-0.2, -0.15) is 12.6 Å². The number of thiol groups is 1. The first kappa shape index (κ1) is 9.91. The minimum absolute atomic E-state index is 0.708. The van der Waals surface area contributed by atoms with Crippen LogP contribution in [0.3, 0.4) is 0 Å². The van der Waals surface area contributed by atoms with Gasteiger partial charge in [-0.05, 0) is 42.9 Å². The molecule has 1 aliphatic carbocycles. The van der Waals surface area contributed by atoms with Gasteiger partial charge in [0.15, 0.2) is 0 Å². The molecule has 0 spiro atoms. The summed E-state index contributed by atoms with van der Waals surface area (Å²) in [5.74, 6) is 1.86. The first-order valence-corrected chi connectivity index (χ1v) is 5.89. The van der Waals surface area contributed by atoms with Crippen LogP contribution in [-0.2, 0) is 12.8 Å². The summed E-state index contributed by atoms with van der Waals surface area (Å²) >= 11 is 4.15. The number of fused-ring (bicyclic) bond motifs is 1. The number of rotatable bonds is 3. The van der Waals surface area contributed by atoms with Crippen molar-refractivity contribution in [1.82, 2.24) is 0 Å². The van der Waals surface area contributed by atoms with Crippen LogP contribution in [0.25, 0.3) is 0 Å². The highest BCUT2D eigenvalue weighted by Crippen LogP contribution is 2.29. The summed E-state index contributed by atoms with van der Waals surface area (Å²) in [4.78, 5) is 0. The summed E-state index contributed by atoms with van der Waals surface area (Å²) in [6.07, 6.45) is 5.02. The Balaban J connectivity index is 2.21. The normalized spacial score (nSPS) is 14.9. The van der Waals surface area contributed by atoms with Crippen molar-refractivity contribution in [1.29, 1.82) is 0 Å². The van der Waals surface area contributed by atoms with Gasteiger partial charge in [0.05, 0.1) is 6.61 Å². The Labute approximate surface area is 90.9 Å². The van der Waals surface area contributed by atoms with E-state index in [0.29, 0.717) is 6.61 Å². The van der Waals surface area contributed by atoms with E-state index < -0.39 is 0 Å². The molecule has 1 aliphatic rings. The summed E-state index contributed by atoms with van der Waals surface area (Å²) < 4.78 is 5.68. The molecule has 2 heteroatoms. The second-order valence-electron chi connectivity index (χ2n) is 3.67. The molecule has 14 heavy (non-hydrogen) atoms. The molecule has 0 N–H and O–H groups in total. The third-order valence-corrected chi connectivity index (χ3v) is 2.88. The van der Waals surface area contributed by atoms with Gasteiger partial charge in [-0.3, -0.25) is 0 Å². The maximum absolute atomic E-state index is 5.68. The molecule has 0 aromatic heterocycles. The molecule has 0 radical (unpaired) electrons. The van der Waals surface area contributed by atoms with E-state index in [1.807, 2.05) is 0 Å². The number of ether oxygens (including phenoxy) is 1. The van der Waals surface area contributed by atoms with Crippen LogP contribution in [-0.4, -0.2) is 12.4 Å². The Bertz CT molecular complexity index is 309. The maximum atomic E-state index is 5.68. The van der Waals surface area contributed by atoms with Gasteiger partial charge in [0.2, 0.25) is 0 Å².